The van der Waals surface area contributed by atoms with Crippen molar-refractivity contribution in [1.29, 1.82) is 0 Å². The minimum Gasteiger partial charge on any atom is -0.508 e. The van der Waals surface area contributed by atoms with E-state index in [9.17, 15) is 9.90 Å². The second-order valence-electron chi connectivity index (χ2n) is 4.32. The molecule has 0 saturated carbocycles. The first-order chi connectivity index (χ1) is 10.1. The molecule has 0 aliphatic carbocycles. The number of anilines is 2. The number of rotatable bonds is 4. The fraction of sp³-hybridized carbons (Fsp3) is 0.133. The number of carbonyl (C=O) groups is 1. The number of phenols is 1. The second-order valence-corrected chi connectivity index (χ2v) is 5.24. The fourth-order valence-electron chi connectivity index (χ4n) is 1.77. The highest BCUT2D eigenvalue weighted by Crippen LogP contribution is 2.23. The van der Waals surface area contributed by atoms with Crippen LogP contribution in [0.2, 0.25) is 0 Å². The van der Waals surface area contributed by atoms with Gasteiger partial charge in [0.15, 0.2) is 0 Å². The maximum absolute atomic E-state index is 11.2. The highest BCUT2D eigenvalue weighted by Gasteiger charge is 2.04. The van der Waals surface area contributed by atoms with E-state index in [0.29, 0.717) is 12.2 Å². The van der Waals surface area contributed by atoms with Crippen LogP contribution in [0.4, 0.5) is 16.2 Å². The van der Waals surface area contributed by atoms with Crippen LogP contribution >= 0.6 is 15.9 Å². The van der Waals surface area contributed by atoms with Gasteiger partial charge in [-0.3, -0.25) is 5.32 Å². The van der Waals surface area contributed by atoms with Gasteiger partial charge in [-0.2, -0.15) is 0 Å². The number of carbonyl (C=O) groups excluding carboxylic acids is 1. The SMILES string of the molecule is COC(=O)Nc1cccc(NCc2cc(Br)ccc2O)c1. The molecule has 110 valence electrons. The Hall–Kier alpha value is -2.21. The van der Waals surface area contributed by atoms with Crippen LogP contribution in [0, 0.1) is 0 Å². The number of hydrogen-bond donors (Lipinski definition) is 3. The molecular formula is C15H15BrN2O3. The zero-order valence-electron chi connectivity index (χ0n) is 11.4. The third-order valence-corrected chi connectivity index (χ3v) is 3.31. The highest BCUT2D eigenvalue weighted by molar-refractivity contribution is 9.10. The average Bonchev–Trinajstić information content (AvgIpc) is 2.48. The Morgan fingerprint density at radius 3 is 2.76 bits per heavy atom. The molecule has 0 saturated heterocycles. The molecule has 2 rings (SSSR count). The minimum absolute atomic E-state index is 0.231. The zero-order valence-corrected chi connectivity index (χ0v) is 13.0. The molecule has 3 N–H and O–H groups in total. The molecule has 2 aromatic carbocycles. The summed E-state index contributed by atoms with van der Waals surface area (Å²) >= 11 is 3.37. The molecule has 0 bridgehead atoms. The molecule has 0 aromatic heterocycles. The third-order valence-electron chi connectivity index (χ3n) is 2.82. The number of methoxy groups -OCH3 is 1. The molecular weight excluding hydrogens is 336 g/mol. The summed E-state index contributed by atoms with van der Waals surface area (Å²) in [7, 11) is 1.31. The third kappa shape index (κ3) is 4.39. The van der Waals surface area contributed by atoms with E-state index in [1.165, 1.54) is 7.11 Å². The van der Waals surface area contributed by atoms with Crippen molar-refractivity contribution in [1.82, 2.24) is 0 Å². The van der Waals surface area contributed by atoms with Gasteiger partial charge in [0, 0.05) is 28.0 Å². The van der Waals surface area contributed by atoms with Crippen LogP contribution in [0.25, 0.3) is 0 Å². The molecule has 0 unspecified atom stereocenters. The Kier molecular flexibility index (Phi) is 5.05. The molecule has 0 aliphatic heterocycles. The van der Waals surface area contributed by atoms with Gasteiger partial charge < -0.3 is 15.2 Å². The molecule has 0 spiro atoms. The van der Waals surface area contributed by atoms with Crippen molar-refractivity contribution < 1.29 is 14.6 Å². The second kappa shape index (κ2) is 6.99. The van der Waals surface area contributed by atoms with Crippen LogP contribution in [0.15, 0.2) is 46.9 Å². The summed E-state index contributed by atoms with van der Waals surface area (Å²) < 4.78 is 5.44. The summed E-state index contributed by atoms with van der Waals surface area (Å²) in [6.07, 6.45) is -0.517. The Balaban J connectivity index is 2.04. The van der Waals surface area contributed by atoms with Crippen molar-refractivity contribution in [3.8, 4) is 5.75 Å². The molecule has 0 aliphatic rings. The average molecular weight is 351 g/mol. The summed E-state index contributed by atoms with van der Waals surface area (Å²) in [6.45, 7) is 0.465. The van der Waals surface area contributed by atoms with Crippen molar-refractivity contribution in [2.24, 2.45) is 0 Å². The first kappa shape index (κ1) is 15.2. The molecule has 0 heterocycles. The normalized spacial score (nSPS) is 10.0. The minimum atomic E-state index is -0.517. The molecule has 2 aromatic rings. The first-order valence-electron chi connectivity index (χ1n) is 6.25. The summed E-state index contributed by atoms with van der Waals surface area (Å²) in [4.78, 5) is 11.2. The Bertz CT molecular complexity index is 647. The number of ether oxygens (including phenoxy) is 1. The van der Waals surface area contributed by atoms with Gasteiger partial charge in [-0.1, -0.05) is 22.0 Å². The zero-order chi connectivity index (χ0) is 15.2. The monoisotopic (exact) mass is 350 g/mol. The lowest BCUT2D eigenvalue weighted by molar-refractivity contribution is 0.187. The first-order valence-corrected chi connectivity index (χ1v) is 7.04. The number of amides is 1. The maximum atomic E-state index is 11.2. The van der Waals surface area contributed by atoms with Gasteiger partial charge in [0.05, 0.1) is 7.11 Å². The molecule has 5 nitrogen and oxygen atoms in total. The smallest absolute Gasteiger partial charge is 0.411 e. The van der Waals surface area contributed by atoms with Crippen LogP contribution in [0.3, 0.4) is 0 Å². The summed E-state index contributed by atoms with van der Waals surface area (Å²) in [5, 5.41) is 15.6. The number of benzene rings is 2. The lowest BCUT2D eigenvalue weighted by Crippen LogP contribution is -2.11. The van der Waals surface area contributed by atoms with E-state index in [-0.39, 0.29) is 5.75 Å². The van der Waals surface area contributed by atoms with Gasteiger partial charge in [-0.05, 0) is 36.4 Å². The lowest BCUT2D eigenvalue weighted by Gasteiger charge is -2.10. The standard InChI is InChI=1S/C15H15BrN2O3/c1-21-15(20)18-13-4-2-3-12(8-13)17-9-10-7-11(16)5-6-14(10)19/h2-8,17,19H,9H2,1H3,(H,18,20). The summed E-state index contributed by atoms with van der Waals surface area (Å²) in [5.41, 5.74) is 2.23. The molecule has 0 fully saturated rings. The van der Waals surface area contributed by atoms with Crippen LogP contribution in [0.1, 0.15) is 5.56 Å². The van der Waals surface area contributed by atoms with Crippen molar-refractivity contribution in [2.75, 3.05) is 17.7 Å². The van der Waals surface area contributed by atoms with Crippen LogP contribution in [-0.2, 0) is 11.3 Å². The van der Waals surface area contributed by atoms with E-state index in [4.69, 9.17) is 0 Å². The molecule has 0 radical (unpaired) electrons. The van der Waals surface area contributed by atoms with Crippen molar-refractivity contribution in [2.45, 2.75) is 6.54 Å². The van der Waals surface area contributed by atoms with Gasteiger partial charge >= 0.3 is 6.09 Å². The maximum Gasteiger partial charge on any atom is 0.411 e. The Labute approximate surface area is 131 Å². The summed E-state index contributed by atoms with van der Waals surface area (Å²) in [6, 6.07) is 12.5. The highest BCUT2D eigenvalue weighted by atomic mass is 79.9. The predicted molar refractivity (Wildman–Crippen MR) is 85.6 cm³/mol. The Morgan fingerprint density at radius 1 is 1.24 bits per heavy atom. The predicted octanol–water partition coefficient (Wildman–Crippen LogP) is 3.95. The molecule has 21 heavy (non-hydrogen) atoms. The number of aromatic hydroxyl groups is 1. The largest absolute Gasteiger partial charge is 0.508 e. The van der Waals surface area contributed by atoms with Gasteiger partial charge in [-0.15, -0.1) is 0 Å². The van der Waals surface area contributed by atoms with E-state index in [2.05, 4.69) is 31.3 Å². The van der Waals surface area contributed by atoms with Gasteiger partial charge in [0.1, 0.15) is 5.75 Å². The van der Waals surface area contributed by atoms with Crippen LogP contribution in [0.5, 0.6) is 5.75 Å². The summed E-state index contributed by atoms with van der Waals surface area (Å²) in [5.74, 6) is 0.231. The lowest BCUT2D eigenvalue weighted by atomic mass is 10.2. The molecule has 6 heteroatoms. The van der Waals surface area contributed by atoms with Crippen molar-refractivity contribution in [3.05, 3.63) is 52.5 Å². The van der Waals surface area contributed by atoms with Gasteiger partial charge in [-0.25, -0.2) is 4.79 Å². The van der Waals surface area contributed by atoms with Gasteiger partial charge in [0.2, 0.25) is 0 Å². The van der Waals surface area contributed by atoms with Crippen LogP contribution in [-0.4, -0.2) is 18.3 Å². The van der Waals surface area contributed by atoms with Crippen molar-refractivity contribution >= 4 is 33.4 Å². The van der Waals surface area contributed by atoms with E-state index in [1.807, 2.05) is 18.2 Å². The van der Waals surface area contributed by atoms with E-state index in [1.54, 1.807) is 24.3 Å². The topological polar surface area (TPSA) is 70.6 Å². The molecule has 0 atom stereocenters. The number of hydrogen-bond acceptors (Lipinski definition) is 4. The van der Waals surface area contributed by atoms with E-state index < -0.39 is 6.09 Å². The number of nitrogens with one attached hydrogen (secondary N) is 2. The number of phenolic OH excluding ortho intramolecular Hbond substituents is 1. The van der Waals surface area contributed by atoms with Crippen LogP contribution < -0.4 is 10.6 Å². The molecule has 1 amide bonds. The number of halogens is 1. The van der Waals surface area contributed by atoms with E-state index >= 15 is 0 Å². The fourth-order valence-corrected chi connectivity index (χ4v) is 2.18. The Morgan fingerprint density at radius 2 is 2.00 bits per heavy atom. The van der Waals surface area contributed by atoms with E-state index in [0.717, 1.165) is 15.7 Å². The van der Waals surface area contributed by atoms with Gasteiger partial charge in [0.25, 0.3) is 0 Å². The van der Waals surface area contributed by atoms with Crippen molar-refractivity contribution in [3.63, 3.8) is 0 Å². The quantitative estimate of drug-likeness (QED) is 0.780.